The number of rotatable bonds is 7. The number of nitriles is 1. The minimum absolute atomic E-state index is 0.0439. The van der Waals surface area contributed by atoms with Gasteiger partial charge in [-0.2, -0.15) is 5.26 Å². The maximum Gasteiger partial charge on any atom is 0.264 e. The van der Waals surface area contributed by atoms with Crippen LogP contribution in [0.4, 0.5) is 0 Å². The van der Waals surface area contributed by atoms with Gasteiger partial charge < -0.3 is 0 Å². The van der Waals surface area contributed by atoms with Gasteiger partial charge in [-0.3, -0.25) is 4.79 Å². The molecule has 1 aromatic rings. The largest absolute Gasteiger partial charge is 0.274 e. The van der Waals surface area contributed by atoms with Gasteiger partial charge in [-0.25, -0.2) is 13.1 Å². The van der Waals surface area contributed by atoms with Gasteiger partial charge in [-0.05, 0) is 122 Å². The lowest BCUT2D eigenvalue weighted by Crippen LogP contribution is -2.55. The zero-order chi connectivity index (χ0) is 28.0. The molecule has 6 heteroatoms. The Hall–Kier alpha value is -1.87. The summed E-state index contributed by atoms with van der Waals surface area (Å²) in [4.78, 5) is 12.7. The molecule has 0 spiro atoms. The van der Waals surface area contributed by atoms with Crippen molar-refractivity contribution in [1.82, 2.24) is 4.72 Å². The summed E-state index contributed by atoms with van der Waals surface area (Å²) in [7, 11) is -3.98. The summed E-state index contributed by atoms with van der Waals surface area (Å²) in [5, 5.41) is 9.08. The van der Waals surface area contributed by atoms with E-state index in [2.05, 4.69) is 32.4 Å². The molecule has 0 aliphatic heterocycles. The van der Waals surface area contributed by atoms with Gasteiger partial charge in [0.2, 0.25) is 5.91 Å². The van der Waals surface area contributed by atoms with Crippen LogP contribution < -0.4 is 4.72 Å². The lowest BCUT2D eigenvalue weighted by molar-refractivity contribution is -0.138. The molecule has 4 aliphatic rings. The first-order chi connectivity index (χ1) is 18.5. The summed E-state index contributed by atoms with van der Waals surface area (Å²) in [5.74, 6) is 4.86. The van der Waals surface area contributed by atoms with Crippen molar-refractivity contribution >= 4 is 15.9 Å². The Labute approximate surface area is 236 Å². The molecule has 214 valence electrons. The molecule has 1 N–H and O–H groups in total. The van der Waals surface area contributed by atoms with Crippen LogP contribution in [-0.4, -0.2) is 14.3 Å². The Morgan fingerprint density at radius 3 is 2.59 bits per heavy atom. The average molecular weight is 553 g/mol. The standard InChI is InChI=1S/C33H48N2O3S/c1-5-24-20-26-29-14-13-27(33(29,4)18-16-30(26)32(3)17-7-6-11-28(24)32)22(2)12-15-31(36)35-39(37,38)25-10-8-9-23(19-25)21-34/h8-10,19,22,24,26-30H,5-7,11-18,20H2,1-4H3,(H,35,36)/t22-,24+,26?,27-,28+,29?,30?,32+,33-/m1/s1. The summed E-state index contributed by atoms with van der Waals surface area (Å²) in [6, 6.07) is 7.75. The molecular weight excluding hydrogens is 504 g/mol. The Morgan fingerprint density at radius 2 is 1.85 bits per heavy atom. The molecule has 0 radical (unpaired) electrons. The van der Waals surface area contributed by atoms with E-state index in [9.17, 15) is 13.2 Å². The van der Waals surface area contributed by atoms with Gasteiger partial charge >= 0.3 is 0 Å². The number of nitrogens with one attached hydrogen (secondary N) is 1. The molecule has 3 unspecified atom stereocenters. The summed E-state index contributed by atoms with van der Waals surface area (Å²) in [6.45, 7) is 9.94. The van der Waals surface area contributed by atoms with Crippen molar-refractivity contribution in [3.05, 3.63) is 29.8 Å². The number of benzene rings is 1. The zero-order valence-electron chi connectivity index (χ0n) is 24.4. The number of nitrogens with zero attached hydrogens (tertiary/aromatic N) is 1. The normalized spacial score (nSPS) is 38.5. The first kappa shape index (κ1) is 28.7. The summed E-state index contributed by atoms with van der Waals surface area (Å²) >= 11 is 0. The van der Waals surface area contributed by atoms with Crippen molar-refractivity contribution in [1.29, 1.82) is 5.26 Å². The van der Waals surface area contributed by atoms with Crippen LogP contribution >= 0.6 is 0 Å². The first-order valence-corrected chi connectivity index (χ1v) is 17.1. The molecule has 5 nitrogen and oxygen atoms in total. The van der Waals surface area contributed by atoms with Gasteiger partial charge in [-0.1, -0.05) is 53.0 Å². The second-order valence-corrected chi connectivity index (χ2v) is 15.7. The third kappa shape index (κ3) is 5.07. The highest BCUT2D eigenvalue weighted by Gasteiger charge is 2.61. The fourth-order valence-corrected chi connectivity index (χ4v) is 11.6. The van der Waals surface area contributed by atoms with Gasteiger partial charge in [0, 0.05) is 6.42 Å². The van der Waals surface area contributed by atoms with E-state index >= 15 is 0 Å². The van der Waals surface area contributed by atoms with E-state index < -0.39 is 15.9 Å². The lowest BCUT2D eigenvalue weighted by atomic mass is 9.42. The molecular formula is C33H48N2O3S. The maximum absolute atomic E-state index is 12.7. The van der Waals surface area contributed by atoms with Crippen LogP contribution in [0.3, 0.4) is 0 Å². The Morgan fingerprint density at radius 1 is 1.08 bits per heavy atom. The fraction of sp³-hybridized carbons (Fsp3) is 0.758. The molecule has 0 saturated heterocycles. The van der Waals surface area contributed by atoms with Gasteiger partial charge in [0.15, 0.2) is 0 Å². The van der Waals surface area contributed by atoms with Crippen LogP contribution in [0.5, 0.6) is 0 Å². The van der Waals surface area contributed by atoms with E-state index in [0.717, 1.165) is 29.6 Å². The van der Waals surface area contributed by atoms with Crippen LogP contribution in [0.15, 0.2) is 29.2 Å². The molecule has 4 saturated carbocycles. The Balaban J connectivity index is 1.23. The molecule has 39 heavy (non-hydrogen) atoms. The number of sulfonamides is 1. The Bertz CT molecular complexity index is 1220. The molecule has 1 amide bonds. The average Bonchev–Trinajstić information content (AvgIpc) is 3.28. The summed E-state index contributed by atoms with van der Waals surface area (Å²) in [5.41, 5.74) is 1.12. The predicted octanol–water partition coefficient (Wildman–Crippen LogP) is 7.46. The monoisotopic (exact) mass is 552 g/mol. The predicted molar refractivity (Wildman–Crippen MR) is 154 cm³/mol. The molecule has 4 aliphatic carbocycles. The number of carbonyl (C=O) groups excluding carboxylic acids is 1. The van der Waals surface area contributed by atoms with Crippen molar-refractivity contribution in [2.75, 3.05) is 0 Å². The zero-order valence-corrected chi connectivity index (χ0v) is 25.2. The van der Waals surface area contributed by atoms with E-state index in [1.165, 1.54) is 82.4 Å². The molecule has 1 aromatic carbocycles. The molecule has 4 fully saturated rings. The molecule has 0 bridgehead atoms. The lowest BCUT2D eigenvalue weighted by Gasteiger charge is -2.63. The van der Waals surface area contributed by atoms with Gasteiger partial charge in [0.25, 0.3) is 10.0 Å². The van der Waals surface area contributed by atoms with E-state index in [-0.39, 0.29) is 16.9 Å². The quantitative estimate of drug-likeness (QED) is 0.380. The number of hydrogen-bond acceptors (Lipinski definition) is 4. The van der Waals surface area contributed by atoms with E-state index in [0.29, 0.717) is 29.1 Å². The smallest absolute Gasteiger partial charge is 0.264 e. The SMILES string of the molecule is CC[C@H]1CC2C3CC[C@H]([C@H](C)CCC(=O)NS(=O)(=O)c4cccc(C#N)c4)[C@@]3(C)CCC2[C@@]2(C)CCCC[C@@H]12. The second kappa shape index (κ2) is 10.8. The first-order valence-electron chi connectivity index (χ1n) is 15.6. The molecule has 0 heterocycles. The van der Waals surface area contributed by atoms with Crippen molar-refractivity contribution in [2.45, 2.75) is 110 Å². The number of carbonyl (C=O) groups is 1. The van der Waals surface area contributed by atoms with Gasteiger partial charge in [-0.15, -0.1) is 0 Å². The second-order valence-electron chi connectivity index (χ2n) is 14.1. The van der Waals surface area contributed by atoms with Crippen LogP contribution in [-0.2, 0) is 14.8 Å². The van der Waals surface area contributed by atoms with Crippen molar-refractivity contribution in [2.24, 2.45) is 52.3 Å². The van der Waals surface area contributed by atoms with Crippen LogP contribution in [0.2, 0.25) is 0 Å². The third-order valence-corrected chi connectivity index (χ3v) is 13.8. The van der Waals surface area contributed by atoms with Crippen LogP contribution in [0, 0.1) is 63.6 Å². The maximum atomic E-state index is 12.7. The highest BCUT2D eigenvalue weighted by Crippen LogP contribution is 2.69. The fourth-order valence-electron chi connectivity index (χ4n) is 10.5. The van der Waals surface area contributed by atoms with E-state index in [1.54, 1.807) is 6.07 Å². The topological polar surface area (TPSA) is 87.0 Å². The van der Waals surface area contributed by atoms with Crippen LogP contribution in [0.1, 0.15) is 110 Å². The molecule has 0 aromatic heterocycles. The van der Waals surface area contributed by atoms with Crippen molar-refractivity contribution < 1.29 is 13.2 Å². The van der Waals surface area contributed by atoms with Gasteiger partial charge in [0.05, 0.1) is 16.5 Å². The van der Waals surface area contributed by atoms with Crippen molar-refractivity contribution in [3.63, 3.8) is 0 Å². The van der Waals surface area contributed by atoms with Gasteiger partial charge in [0.1, 0.15) is 0 Å². The highest BCUT2D eigenvalue weighted by atomic mass is 32.2. The van der Waals surface area contributed by atoms with E-state index in [4.69, 9.17) is 5.26 Å². The Kier molecular flexibility index (Phi) is 7.96. The summed E-state index contributed by atoms with van der Waals surface area (Å²) < 4.78 is 27.7. The highest BCUT2D eigenvalue weighted by molar-refractivity contribution is 7.90. The third-order valence-electron chi connectivity index (χ3n) is 12.4. The van der Waals surface area contributed by atoms with Crippen LogP contribution in [0.25, 0.3) is 0 Å². The van der Waals surface area contributed by atoms with Crippen molar-refractivity contribution in [3.8, 4) is 6.07 Å². The number of hydrogen-bond donors (Lipinski definition) is 1. The number of amides is 1. The minimum atomic E-state index is -3.98. The summed E-state index contributed by atoms with van der Waals surface area (Å²) in [6.07, 6.45) is 14.6. The van der Waals surface area contributed by atoms with E-state index in [1.807, 2.05) is 6.07 Å². The number of fused-ring (bicyclic) bond motifs is 5. The molecule has 9 atom stereocenters. The minimum Gasteiger partial charge on any atom is -0.274 e. The molecule has 5 rings (SSSR count).